The topological polar surface area (TPSA) is 86.7 Å². The molecule has 1 saturated heterocycles. The van der Waals surface area contributed by atoms with Gasteiger partial charge in [-0.15, -0.1) is 0 Å². The van der Waals surface area contributed by atoms with Gasteiger partial charge in [0.1, 0.15) is 11.6 Å². The van der Waals surface area contributed by atoms with Crippen LogP contribution < -0.4 is 9.62 Å². The summed E-state index contributed by atoms with van der Waals surface area (Å²) in [5.74, 6) is -1.96. The van der Waals surface area contributed by atoms with Crippen molar-refractivity contribution in [2.24, 2.45) is 0 Å². The minimum absolute atomic E-state index is 0.0869. The van der Waals surface area contributed by atoms with Gasteiger partial charge in [-0.3, -0.25) is 4.72 Å². The van der Waals surface area contributed by atoms with Gasteiger partial charge in [-0.25, -0.2) is 22.0 Å². The van der Waals surface area contributed by atoms with Gasteiger partial charge in [0, 0.05) is 30.3 Å². The number of rotatable bonds is 5. The van der Waals surface area contributed by atoms with E-state index in [0.717, 1.165) is 35.8 Å². The van der Waals surface area contributed by atoms with E-state index >= 15 is 0 Å². The molecule has 6 nitrogen and oxygen atoms in total. The lowest BCUT2D eigenvalue weighted by atomic mass is 10.1. The van der Waals surface area contributed by atoms with Gasteiger partial charge in [0.25, 0.3) is 10.0 Å². The quantitative estimate of drug-likeness (QED) is 0.782. The zero-order chi connectivity index (χ0) is 19.6. The van der Waals surface area contributed by atoms with Crippen LogP contribution in [-0.2, 0) is 10.0 Å². The van der Waals surface area contributed by atoms with E-state index in [-0.39, 0.29) is 11.3 Å². The third-order valence-electron chi connectivity index (χ3n) is 4.02. The number of anilines is 2. The molecule has 27 heavy (non-hydrogen) atoms. The Kier molecular flexibility index (Phi) is 5.56. The second-order valence-electron chi connectivity index (χ2n) is 5.79. The first-order valence-electron chi connectivity index (χ1n) is 7.96. The molecule has 1 aliphatic heterocycles. The lowest BCUT2D eigenvalue weighted by molar-refractivity contribution is 0.0697. The SMILES string of the molecule is O=C(O)c1cc(NS(=O)(=O)c2c(F)cccc2F)ccc1N1CCSCC1. The van der Waals surface area contributed by atoms with Crippen molar-refractivity contribution in [3.8, 4) is 0 Å². The van der Waals surface area contributed by atoms with E-state index in [0.29, 0.717) is 18.8 Å². The largest absolute Gasteiger partial charge is 0.478 e. The molecule has 0 amide bonds. The van der Waals surface area contributed by atoms with Crippen LogP contribution in [0.1, 0.15) is 10.4 Å². The summed E-state index contributed by atoms with van der Waals surface area (Å²) in [5.41, 5.74) is 0.295. The van der Waals surface area contributed by atoms with Crippen molar-refractivity contribution in [2.75, 3.05) is 34.2 Å². The summed E-state index contributed by atoms with van der Waals surface area (Å²) in [6, 6.07) is 6.73. The van der Waals surface area contributed by atoms with Crippen LogP contribution in [-0.4, -0.2) is 44.1 Å². The third-order valence-corrected chi connectivity index (χ3v) is 6.39. The summed E-state index contributed by atoms with van der Waals surface area (Å²) >= 11 is 1.77. The zero-order valence-electron chi connectivity index (χ0n) is 14.0. The summed E-state index contributed by atoms with van der Waals surface area (Å²) in [5, 5.41) is 9.50. The van der Waals surface area contributed by atoms with Gasteiger partial charge in [-0.05, 0) is 30.3 Å². The molecule has 0 unspecified atom stereocenters. The molecule has 1 fully saturated rings. The third kappa shape index (κ3) is 4.16. The number of carboxylic acids is 1. The average molecular weight is 414 g/mol. The highest BCUT2D eigenvalue weighted by Gasteiger charge is 2.25. The molecule has 0 bridgehead atoms. The highest BCUT2D eigenvalue weighted by molar-refractivity contribution is 7.99. The maximum atomic E-state index is 13.8. The lowest BCUT2D eigenvalue weighted by Gasteiger charge is -2.29. The van der Waals surface area contributed by atoms with Crippen molar-refractivity contribution in [1.29, 1.82) is 0 Å². The Bertz CT molecular complexity index is 957. The fraction of sp³-hybridized carbons (Fsp3) is 0.235. The van der Waals surface area contributed by atoms with Crippen molar-refractivity contribution in [2.45, 2.75) is 4.90 Å². The van der Waals surface area contributed by atoms with Gasteiger partial charge in [-0.2, -0.15) is 11.8 Å². The van der Waals surface area contributed by atoms with E-state index in [4.69, 9.17) is 0 Å². The number of carbonyl (C=O) groups is 1. The molecule has 0 saturated carbocycles. The predicted octanol–water partition coefficient (Wildman–Crippen LogP) is 3.02. The van der Waals surface area contributed by atoms with E-state index in [9.17, 15) is 27.1 Å². The Morgan fingerprint density at radius 1 is 1.11 bits per heavy atom. The van der Waals surface area contributed by atoms with Crippen LogP contribution in [0, 0.1) is 11.6 Å². The van der Waals surface area contributed by atoms with Gasteiger partial charge in [0.2, 0.25) is 0 Å². The summed E-state index contributed by atoms with van der Waals surface area (Å²) in [7, 11) is -4.56. The van der Waals surface area contributed by atoms with Crippen LogP contribution in [0.2, 0.25) is 0 Å². The van der Waals surface area contributed by atoms with Crippen molar-refractivity contribution in [1.82, 2.24) is 0 Å². The molecule has 10 heteroatoms. The average Bonchev–Trinajstić information content (AvgIpc) is 2.61. The van der Waals surface area contributed by atoms with Crippen LogP contribution in [0.3, 0.4) is 0 Å². The summed E-state index contributed by atoms with van der Waals surface area (Å²) in [6.45, 7) is 1.35. The Labute approximate surface area is 159 Å². The fourth-order valence-electron chi connectivity index (χ4n) is 2.80. The second-order valence-corrected chi connectivity index (χ2v) is 8.64. The van der Waals surface area contributed by atoms with Crippen molar-refractivity contribution in [3.05, 3.63) is 53.6 Å². The number of nitrogens with one attached hydrogen (secondary N) is 1. The molecular weight excluding hydrogens is 398 g/mol. The van der Waals surface area contributed by atoms with Crippen LogP contribution in [0.5, 0.6) is 0 Å². The number of sulfonamides is 1. The van der Waals surface area contributed by atoms with Gasteiger partial charge >= 0.3 is 5.97 Å². The molecule has 0 aromatic heterocycles. The molecular formula is C17H16F2N2O4S2. The van der Waals surface area contributed by atoms with Crippen LogP contribution in [0.15, 0.2) is 41.3 Å². The van der Waals surface area contributed by atoms with Gasteiger partial charge in [0.15, 0.2) is 4.90 Å². The first-order chi connectivity index (χ1) is 12.8. The standard InChI is InChI=1S/C17H16F2N2O4S2/c18-13-2-1-3-14(19)16(13)27(24,25)20-11-4-5-15(12(10-11)17(22)23)21-6-8-26-9-7-21/h1-5,10,20H,6-9H2,(H,22,23). The predicted molar refractivity (Wildman–Crippen MR) is 100 cm³/mol. The second kappa shape index (κ2) is 7.73. The van der Waals surface area contributed by atoms with Crippen LogP contribution in [0.4, 0.5) is 20.2 Å². The smallest absolute Gasteiger partial charge is 0.337 e. The monoisotopic (exact) mass is 414 g/mol. The number of hydrogen-bond donors (Lipinski definition) is 2. The summed E-state index contributed by atoms with van der Waals surface area (Å²) < 4.78 is 54.4. The molecule has 0 aliphatic carbocycles. The molecule has 1 heterocycles. The minimum atomic E-state index is -4.56. The maximum Gasteiger partial charge on any atom is 0.337 e. The highest BCUT2D eigenvalue weighted by atomic mass is 32.2. The molecule has 3 rings (SSSR count). The number of hydrogen-bond acceptors (Lipinski definition) is 5. The normalized spacial score (nSPS) is 14.8. The van der Waals surface area contributed by atoms with Crippen LogP contribution >= 0.6 is 11.8 Å². The number of carboxylic acid groups (broad SMARTS) is 1. The van der Waals surface area contributed by atoms with Gasteiger partial charge in [-0.1, -0.05) is 6.07 Å². The Hall–Kier alpha value is -2.33. The summed E-state index contributed by atoms with van der Waals surface area (Å²) in [4.78, 5) is 12.4. The molecule has 0 spiro atoms. The molecule has 2 aromatic carbocycles. The number of nitrogens with zero attached hydrogens (tertiary/aromatic N) is 1. The van der Waals surface area contributed by atoms with E-state index in [1.807, 2.05) is 9.62 Å². The minimum Gasteiger partial charge on any atom is -0.478 e. The molecule has 0 atom stereocenters. The molecule has 144 valence electrons. The van der Waals surface area contributed by atoms with E-state index in [2.05, 4.69) is 0 Å². The maximum absolute atomic E-state index is 13.8. The van der Waals surface area contributed by atoms with Crippen molar-refractivity contribution < 1.29 is 27.1 Å². The van der Waals surface area contributed by atoms with Crippen molar-refractivity contribution >= 4 is 39.1 Å². The molecule has 2 aromatic rings. The van der Waals surface area contributed by atoms with E-state index < -0.39 is 32.5 Å². The molecule has 1 aliphatic rings. The Balaban J connectivity index is 1.95. The van der Waals surface area contributed by atoms with Gasteiger partial charge < -0.3 is 10.0 Å². The number of aromatic carboxylic acids is 1. The fourth-order valence-corrected chi connectivity index (χ4v) is 4.89. The van der Waals surface area contributed by atoms with Gasteiger partial charge in [0.05, 0.1) is 11.3 Å². The first kappa shape index (κ1) is 19.4. The van der Waals surface area contributed by atoms with E-state index in [1.54, 1.807) is 11.8 Å². The number of benzene rings is 2. The van der Waals surface area contributed by atoms with Crippen LogP contribution in [0.25, 0.3) is 0 Å². The Morgan fingerprint density at radius 2 is 1.74 bits per heavy atom. The van der Waals surface area contributed by atoms with Crippen molar-refractivity contribution in [3.63, 3.8) is 0 Å². The molecule has 0 radical (unpaired) electrons. The number of thioether (sulfide) groups is 1. The highest BCUT2D eigenvalue weighted by Crippen LogP contribution is 2.29. The first-order valence-corrected chi connectivity index (χ1v) is 10.6. The Morgan fingerprint density at radius 3 is 2.33 bits per heavy atom. The molecule has 2 N–H and O–H groups in total. The summed E-state index contributed by atoms with van der Waals surface area (Å²) in [6.07, 6.45) is 0. The zero-order valence-corrected chi connectivity index (χ0v) is 15.6. The van der Waals surface area contributed by atoms with E-state index in [1.165, 1.54) is 12.1 Å². The lowest BCUT2D eigenvalue weighted by Crippen LogP contribution is -2.33. The number of halogens is 2.